The zero-order valence-corrected chi connectivity index (χ0v) is 16.7. The number of aryl methyl sites for hydroxylation is 1. The fraction of sp³-hybridized carbons (Fsp3) is 0.389. The minimum absolute atomic E-state index is 0. The molecule has 7 nitrogen and oxygen atoms in total. The Kier molecular flexibility index (Phi) is 6.86. The molecule has 1 fully saturated rings. The standard InChI is InChI=1S/C18H22N6O.2ClH/c1-14-3-10-23-13-15(22-16(23)11-14)12-20-17(25)18(4-7-19-8-5-18)24-9-2-6-21-24;;/h2-3,6,9-11,13,19H,4-5,7-8,12H2,1H3,(H,20,25);2*1H. The highest BCUT2D eigenvalue weighted by molar-refractivity contribution is 5.85. The second kappa shape index (κ2) is 8.73. The lowest BCUT2D eigenvalue weighted by atomic mass is 9.87. The molecule has 3 aromatic heterocycles. The summed E-state index contributed by atoms with van der Waals surface area (Å²) in [6.45, 7) is 4.07. The van der Waals surface area contributed by atoms with E-state index in [4.69, 9.17) is 0 Å². The van der Waals surface area contributed by atoms with Crippen LogP contribution in [0.15, 0.2) is 43.0 Å². The number of nitrogens with one attached hydrogen (secondary N) is 2. The Morgan fingerprint density at radius 3 is 2.78 bits per heavy atom. The fourth-order valence-electron chi connectivity index (χ4n) is 3.48. The van der Waals surface area contributed by atoms with Crippen LogP contribution in [-0.2, 0) is 16.9 Å². The normalized spacial score (nSPS) is 15.6. The van der Waals surface area contributed by atoms with Gasteiger partial charge in [-0.05, 0) is 56.6 Å². The van der Waals surface area contributed by atoms with E-state index in [1.54, 1.807) is 10.9 Å². The lowest BCUT2D eigenvalue weighted by Crippen LogP contribution is -2.54. The van der Waals surface area contributed by atoms with Crippen molar-refractivity contribution in [1.82, 2.24) is 29.8 Å². The van der Waals surface area contributed by atoms with Gasteiger partial charge in [0.05, 0.1) is 12.2 Å². The quantitative estimate of drug-likeness (QED) is 0.690. The molecule has 27 heavy (non-hydrogen) atoms. The zero-order valence-electron chi connectivity index (χ0n) is 15.1. The number of carbonyl (C=O) groups excluding carboxylic acids is 1. The number of imidazole rings is 1. The first-order valence-corrected chi connectivity index (χ1v) is 8.61. The van der Waals surface area contributed by atoms with Gasteiger partial charge in [-0.1, -0.05) is 0 Å². The van der Waals surface area contributed by atoms with E-state index in [9.17, 15) is 4.79 Å². The predicted molar refractivity (Wildman–Crippen MR) is 109 cm³/mol. The molecular weight excluding hydrogens is 387 g/mol. The molecule has 1 saturated heterocycles. The molecule has 0 aromatic carbocycles. The van der Waals surface area contributed by atoms with Crippen LogP contribution in [0, 0.1) is 6.92 Å². The van der Waals surface area contributed by atoms with Crippen LogP contribution in [0.25, 0.3) is 5.65 Å². The van der Waals surface area contributed by atoms with Crippen molar-refractivity contribution in [2.45, 2.75) is 31.8 Å². The molecule has 146 valence electrons. The van der Waals surface area contributed by atoms with E-state index in [-0.39, 0.29) is 30.7 Å². The number of halogens is 2. The molecule has 1 aliphatic rings. The number of hydrogen-bond acceptors (Lipinski definition) is 4. The Morgan fingerprint density at radius 1 is 1.30 bits per heavy atom. The van der Waals surface area contributed by atoms with Crippen molar-refractivity contribution in [3.63, 3.8) is 0 Å². The fourth-order valence-corrected chi connectivity index (χ4v) is 3.48. The van der Waals surface area contributed by atoms with E-state index >= 15 is 0 Å². The third-order valence-electron chi connectivity index (χ3n) is 4.89. The van der Waals surface area contributed by atoms with Crippen LogP contribution in [0.5, 0.6) is 0 Å². The Labute approximate surface area is 170 Å². The Balaban J connectivity index is 0.00000131. The molecule has 1 aliphatic heterocycles. The predicted octanol–water partition coefficient (Wildman–Crippen LogP) is 2.08. The lowest BCUT2D eigenvalue weighted by Gasteiger charge is -2.36. The SMILES string of the molecule is Cc1ccn2cc(CNC(=O)C3(n4cccn4)CCNCC3)nc2c1.Cl.Cl. The van der Waals surface area contributed by atoms with Crippen LogP contribution >= 0.6 is 24.8 Å². The van der Waals surface area contributed by atoms with Gasteiger partial charge in [0.1, 0.15) is 11.2 Å². The molecule has 4 heterocycles. The third kappa shape index (κ3) is 4.10. The Morgan fingerprint density at radius 2 is 2.07 bits per heavy atom. The molecule has 0 aliphatic carbocycles. The van der Waals surface area contributed by atoms with Crippen molar-refractivity contribution in [3.05, 3.63) is 54.2 Å². The van der Waals surface area contributed by atoms with E-state index in [1.165, 1.54) is 5.56 Å². The summed E-state index contributed by atoms with van der Waals surface area (Å²) in [5, 5.41) is 10.7. The topological polar surface area (TPSA) is 76.2 Å². The Hall–Kier alpha value is -2.09. The number of hydrogen-bond donors (Lipinski definition) is 2. The average molecular weight is 411 g/mol. The highest BCUT2D eigenvalue weighted by Gasteiger charge is 2.41. The molecule has 9 heteroatoms. The highest BCUT2D eigenvalue weighted by Crippen LogP contribution is 2.27. The van der Waals surface area contributed by atoms with Crippen molar-refractivity contribution in [2.75, 3.05) is 13.1 Å². The maximum Gasteiger partial charge on any atom is 0.248 e. The zero-order chi connectivity index (χ0) is 17.3. The van der Waals surface area contributed by atoms with Gasteiger partial charge in [-0.15, -0.1) is 24.8 Å². The maximum atomic E-state index is 13.0. The first-order chi connectivity index (χ1) is 12.2. The highest BCUT2D eigenvalue weighted by atomic mass is 35.5. The van der Waals surface area contributed by atoms with Crippen molar-refractivity contribution in [2.24, 2.45) is 0 Å². The van der Waals surface area contributed by atoms with Gasteiger partial charge < -0.3 is 15.0 Å². The van der Waals surface area contributed by atoms with E-state index in [0.29, 0.717) is 6.54 Å². The van der Waals surface area contributed by atoms with Gasteiger partial charge in [0.25, 0.3) is 0 Å². The molecule has 4 rings (SSSR count). The van der Waals surface area contributed by atoms with Crippen molar-refractivity contribution in [3.8, 4) is 0 Å². The summed E-state index contributed by atoms with van der Waals surface area (Å²) in [5.74, 6) is 0.00550. The summed E-state index contributed by atoms with van der Waals surface area (Å²) in [5.41, 5.74) is 2.29. The molecule has 0 bridgehead atoms. The van der Waals surface area contributed by atoms with Gasteiger partial charge in [-0.25, -0.2) is 4.98 Å². The minimum Gasteiger partial charge on any atom is -0.348 e. The summed E-state index contributed by atoms with van der Waals surface area (Å²) in [7, 11) is 0. The molecule has 0 spiro atoms. The molecule has 0 radical (unpaired) electrons. The van der Waals surface area contributed by atoms with Crippen molar-refractivity contribution in [1.29, 1.82) is 0 Å². The largest absolute Gasteiger partial charge is 0.348 e. The summed E-state index contributed by atoms with van der Waals surface area (Å²) < 4.78 is 3.78. The molecule has 0 unspecified atom stereocenters. The first kappa shape index (κ1) is 21.2. The monoisotopic (exact) mass is 410 g/mol. The molecule has 0 saturated carbocycles. The minimum atomic E-state index is -0.621. The summed E-state index contributed by atoms with van der Waals surface area (Å²) in [4.78, 5) is 17.6. The van der Waals surface area contributed by atoms with Gasteiger partial charge in [-0.3, -0.25) is 9.48 Å². The number of fused-ring (bicyclic) bond motifs is 1. The average Bonchev–Trinajstić information content (AvgIpc) is 3.29. The van der Waals surface area contributed by atoms with Gasteiger partial charge in [-0.2, -0.15) is 5.10 Å². The second-order valence-corrected chi connectivity index (χ2v) is 6.62. The van der Waals surface area contributed by atoms with E-state index < -0.39 is 5.54 Å². The lowest BCUT2D eigenvalue weighted by molar-refractivity contribution is -0.132. The Bertz CT molecular complexity index is 887. The van der Waals surface area contributed by atoms with Crippen LogP contribution in [0.4, 0.5) is 0 Å². The van der Waals surface area contributed by atoms with E-state index in [2.05, 4.69) is 20.7 Å². The van der Waals surface area contributed by atoms with Crippen LogP contribution in [-0.4, -0.2) is 38.2 Å². The van der Waals surface area contributed by atoms with Crippen LogP contribution in [0.1, 0.15) is 24.1 Å². The maximum absolute atomic E-state index is 13.0. The molecule has 0 atom stereocenters. The molecule has 1 amide bonds. The molecule has 3 aromatic rings. The van der Waals surface area contributed by atoms with Crippen LogP contribution in [0.2, 0.25) is 0 Å². The molecular formula is C18H24Cl2N6O. The van der Waals surface area contributed by atoms with Crippen LogP contribution in [0.3, 0.4) is 0 Å². The molecule has 2 N–H and O–H groups in total. The summed E-state index contributed by atoms with van der Waals surface area (Å²) in [6.07, 6.45) is 8.99. The number of aromatic nitrogens is 4. The number of carbonyl (C=O) groups is 1. The number of nitrogens with zero attached hydrogens (tertiary/aromatic N) is 4. The van der Waals surface area contributed by atoms with E-state index in [1.807, 2.05) is 48.1 Å². The van der Waals surface area contributed by atoms with Gasteiger partial charge >= 0.3 is 0 Å². The second-order valence-electron chi connectivity index (χ2n) is 6.62. The van der Waals surface area contributed by atoms with E-state index in [0.717, 1.165) is 37.3 Å². The van der Waals surface area contributed by atoms with Gasteiger partial charge in [0.15, 0.2) is 0 Å². The first-order valence-electron chi connectivity index (χ1n) is 8.61. The van der Waals surface area contributed by atoms with Crippen LogP contribution < -0.4 is 10.6 Å². The number of piperidine rings is 1. The third-order valence-corrected chi connectivity index (χ3v) is 4.89. The number of rotatable bonds is 4. The van der Waals surface area contributed by atoms with Crippen molar-refractivity contribution >= 4 is 36.4 Å². The van der Waals surface area contributed by atoms with Crippen molar-refractivity contribution < 1.29 is 4.79 Å². The smallest absolute Gasteiger partial charge is 0.248 e. The van der Waals surface area contributed by atoms with Gasteiger partial charge in [0, 0.05) is 24.8 Å². The van der Waals surface area contributed by atoms with Gasteiger partial charge in [0.2, 0.25) is 5.91 Å². The summed E-state index contributed by atoms with van der Waals surface area (Å²) >= 11 is 0. The number of pyridine rings is 1. The number of amides is 1. The summed E-state index contributed by atoms with van der Waals surface area (Å²) in [6, 6.07) is 5.93.